The molecule has 0 spiro atoms. The first-order valence-corrected chi connectivity index (χ1v) is 8.09. The van der Waals surface area contributed by atoms with Crippen LogP contribution < -0.4 is 16.2 Å². The van der Waals surface area contributed by atoms with Crippen LogP contribution >= 0.6 is 0 Å². The van der Waals surface area contributed by atoms with E-state index in [1.807, 2.05) is 0 Å². The van der Waals surface area contributed by atoms with Crippen LogP contribution in [0.3, 0.4) is 0 Å². The number of hydrogen-bond acceptors (Lipinski definition) is 5. The molecule has 0 aliphatic carbocycles. The number of ether oxygens (including phenoxy) is 1. The fourth-order valence-electron chi connectivity index (χ4n) is 3.18. The van der Waals surface area contributed by atoms with E-state index in [2.05, 4.69) is 15.6 Å². The second-order valence-electron chi connectivity index (χ2n) is 6.27. The smallest absolute Gasteiger partial charge is 0.270 e. The van der Waals surface area contributed by atoms with Crippen molar-refractivity contribution in [3.63, 3.8) is 0 Å². The van der Waals surface area contributed by atoms with Crippen LogP contribution in [-0.2, 0) is 4.74 Å². The lowest BCUT2D eigenvalue weighted by Gasteiger charge is -2.37. The van der Waals surface area contributed by atoms with Crippen molar-refractivity contribution in [1.29, 1.82) is 0 Å². The Labute approximate surface area is 140 Å². The van der Waals surface area contributed by atoms with Crippen LogP contribution in [0.15, 0.2) is 35.4 Å². The second kappa shape index (κ2) is 7.11. The highest BCUT2D eigenvalue weighted by molar-refractivity contribution is 5.93. The summed E-state index contributed by atoms with van der Waals surface area (Å²) in [5.41, 5.74) is 0.133. The zero-order valence-corrected chi connectivity index (χ0v) is 13.7. The number of amides is 1. The van der Waals surface area contributed by atoms with Gasteiger partial charge >= 0.3 is 0 Å². The lowest BCUT2D eigenvalue weighted by molar-refractivity contribution is 0.0511. The summed E-state index contributed by atoms with van der Waals surface area (Å²) >= 11 is 0. The van der Waals surface area contributed by atoms with Crippen LogP contribution in [0.5, 0.6) is 0 Å². The minimum Gasteiger partial charge on any atom is -0.384 e. The Morgan fingerprint density at radius 3 is 2.96 bits per heavy atom. The molecule has 2 N–H and O–H groups in total. The van der Waals surface area contributed by atoms with Gasteiger partial charge in [-0.15, -0.1) is 0 Å². The molecule has 0 atom stereocenters. The first-order valence-electron chi connectivity index (χ1n) is 8.09. The molecule has 3 heterocycles. The standard InChI is InChI=1S/C17H22N4O3/c1-24-12-17(5-7-18-8-6-17)11-20-15(22)13-10-19-14-4-2-3-9-21(14)16(13)23/h2-4,9-10,18H,5-8,11-12H2,1H3,(H,20,22). The molecule has 7 heteroatoms. The summed E-state index contributed by atoms with van der Waals surface area (Å²) in [7, 11) is 1.67. The van der Waals surface area contributed by atoms with E-state index in [-0.39, 0.29) is 22.4 Å². The Hall–Kier alpha value is -2.25. The Morgan fingerprint density at radius 2 is 2.21 bits per heavy atom. The molecule has 24 heavy (non-hydrogen) atoms. The molecule has 0 saturated carbocycles. The molecular weight excluding hydrogens is 308 g/mol. The van der Waals surface area contributed by atoms with Crippen molar-refractivity contribution in [3.05, 3.63) is 46.5 Å². The first kappa shape index (κ1) is 16.6. The summed E-state index contributed by atoms with van der Waals surface area (Å²) < 4.78 is 6.73. The van der Waals surface area contributed by atoms with Crippen LogP contribution in [-0.4, -0.2) is 48.6 Å². The van der Waals surface area contributed by atoms with E-state index in [0.717, 1.165) is 25.9 Å². The molecule has 7 nitrogen and oxygen atoms in total. The molecule has 2 aromatic heterocycles. The second-order valence-corrected chi connectivity index (χ2v) is 6.27. The highest BCUT2D eigenvalue weighted by Crippen LogP contribution is 2.28. The monoisotopic (exact) mass is 330 g/mol. The van der Waals surface area contributed by atoms with Gasteiger partial charge in [0.25, 0.3) is 11.5 Å². The van der Waals surface area contributed by atoms with Gasteiger partial charge in [-0.2, -0.15) is 0 Å². The molecule has 128 valence electrons. The van der Waals surface area contributed by atoms with Crippen molar-refractivity contribution in [2.75, 3.05) is 33.4 Å². The van der Waals surface area contributed by atoms with Crippen molar-refractivity contribution < 1.29 is 9.53 Å². The minimum absolute atomic E-state index is 0.0557. The molecule has 1 amide bonds. The van der Waals surface area contributed by atoms with Crippen LogP contribution in [0.4, 0.5) is 0 Å². The number of nitrogens with zero attached hydrogens (tertiary/aromatic N) is 2. The molecular formula is C17H22N4O3. The fourth-order valence-corrected chi connectivity index (χ4v) is 3.18. The molecule has 1 saturated heterocycles. The van der Waals surface area contributed by atoms with Gasteiger partial charge < -0.3 is 15.4 Å². The van der Waals surface area contributed by atoms with Gasteiger partial charge in [0.05, 0.1) is 6.61 Å². The topological polar surface area (TPSA) is 84.7 Å². The van der Waals surface area contributed by atoms with Crippen LogP contribution in [0, 0.1) is 5.41 Å². The maximum absolute atomic E-state index is 12.5. The Balaban J connectivity index is 1.77. The number of nitrogens with one attached hydrogen (secondary N) is 2. The number of aromatic nitrogens is 2. The molecule has 1 fully saturated rings. The maximum atomic E-state index is 12.5. The van der Waals surface area contributed by atoms with Gasteiger partial charge in [-0.3, -0.25) is 14.0 Å². The van der Waals surface area contributed by atoms with Gasteiger partial charge in [0, 0.05) is 31.5 Å². The molecule has 2 aromatic rings. The van der Waals surface area contributed by atoms with E-state index in [0.29, 0.717) is 18.8 Å². The lowest BCUT2D eigenvalue weighted by Crippen LogP contribution is -2.47. The van der Waals surface area contributed by atoms with E-state index in [9.17, 15) is 9.59 Å². The molecule has 1 aliphatic heterocycles. The van der Waals surface area contributed by atoms with Gasteiger partial charge in [-0.1, -0.05) is 6.07 Å². The number of carbonyl (C=O) groups is 1. The average Bonchev–Trinajstić information content (AvgIpc) is 2.61. The molecule has 0 bridgehead atoms. The molecule has 0 radical (unpaired) electrons. The SMILES string of the molecule is COCC1(CNC(=O)c2cnc3ccccn3c2=O)CCNCC1. The zero-order valence-electron chi connectivity index (χ0n) is 13.7. The summed E-state index contributed by atoms with van der Waals surface area (Å²) in [5.74, 6) is -0.389. The van der Waals surface area contributed by atoms with Gasteiger partial charge in [0.15, 0.2) is 0 Å². The number of piperidine rings is 1. The van der Waals surface area contributed by atoms with Gasteiger partial charge in [-0.05, 0) is 38.1 Å². The first-order chi connectivity index (χ1) is 11.7. The summed E-state index contributed by atoms with van der Waals surface area (Å²) in [6, 6.07) is 5.26. The van der Waals surface area contributed by atoms with Crippen LogP contribution in [0.25, 0.3) is 5.65 Å². The summed E-state index contributed by atoms with van der Waals surface area (Å²) in [6.07, 6.45) is 4.81. The summed E-state index contributed by atoms with van der Waals surface area (Å²) in [6.45, 7) is 2.88. The number of carbonyl (C=O) groups excluding carboxylic acids is 1. The van der Waals surface area contributed by atoms with E-state index in [1.165, 1.54) is 10.6 Å². The van der Waals surface area contributed by atoms with Crippen molar-refractivity contribution in [1.82, 2.24) is 20.0 Å². The highest BCUT2D eigenvalue weighted by atomic mass is 16.5. The lowest BCUT2D eigenvalue weighted by atomic mass is 9.79. The van der Waals surface area contributed by atoms with Gasteiger partial charge in [0.1, 0.15) is 11.2 Å². The molecule has 0 aromatic carbocycles. The Morgan fingerprint density at radius 1 is 1.42 bits per heavy atom. The number of hydrogen-bond donors (Lipinski definition) is 2. The van der Waals surface area contributed by atoms with Crippen molar-refractivity contribution in [2.45, 2.75) is 12.8 Å². The predicted octanol–water partition coefficient (Wildman–Crippen LogP) is 0.440. The quantitative estimate of drug-likeness (QED) is 0.831. The van der Waals surface area contributed by atoms with E-state index in [4.69, 9.17) is 4.74 Å². The number of pyridine rings is 1. The van der Waals surface area contributed by atoms with E-state index < -0.39 is 0 Å². The summed E-state index contributed by atoms with van der Waals surface area (Å²) in [5, 5.41) is 6.21. The van der Waals surface area contributed by atoms with Crippen molar-refractivity contribution in [2.24, 2.45) is 5.41 Å². The summed E-state index contributed by atoms with van der Waals surface area (Å²) in [4.78, 5) is 29.1. The molecule has 3 rings (SSSR count). The van der Waals surface area contributed by atoms with E-state index >= 15 is 0 Å². The minimum atomic E-state index is -0.389. The Kier molecular flexibility index (Phi) is 4.92. The Bertz CT molecular complexity index is 775. The highest BCUT2D eigenvalue weighted by Gasteiger charge is 2.32. The molecule has 0 unspecified atom stereocenters. The normalized spacial score (nSPS) is 16.9. The van der Waals surface area contributed by atoms with Crippen LogP contribution in [0.1, 0.15) is 23.2 Å². The van der Waals surface area contributed by atoms with E-state index in [1.54, 1.807) is 31.5 Å². The maximum Gasteiger partial charge on any atom is 0.270 e. The number of methoxy groups -OCH3 is 1. The predicted molar refractivity (Wildman–Crippen MR) is 90.2 cm³/mol. The number of fused-ring (bicyclic) bond motifs is 1. The third-order valence-electron chi connectivity index (χ3n) is 4.60. The van der Waals surface area contributed by atoms with Crippen molar-refractivity contribution in [3.8, 4) is 0 Å². The third-order valence-corrected chi connectivity index (χ3v) is 4.60. The largest absolute Gasteiger partial charge is 0.384 e. The zero-order chi connectivity index (χ0) is 17.0. The number of rotatable bonds is 5. The van der Waals surface area contributed by atoms with Gasteiger partial charge in [-0.25, -0.2) is 4.98 Å². The average molecular weight is 330 g/mol. The third kappa shape index (κ3) is 3.32. The molecule has 1 aliphatic rings. The fraction of sp³-hybridized carbons (Fsp3) is 0.471. The van der Waals surface area contributed by atoms with Crippen LogP contribution in [0.2, 0.25) is 0 Å². The van der Waals surface area contributed by atoms with Crippen molar-refractivity contribution >= 4 is 11.6 Å². The van der Waals surface area contributed by atoms with Gasteiger partial charge in [0.2, 0.25) is 0 Å².